The van der Waals surface area contributed by atoms with Gasteiger partial charge in [0.1, 0.15) is 5.75 Å². The van der Waals surface area contributed by atoms with Crippen LogP contribution in [0.2, 0.25) is 0 Å². The molecule has 6 heteroatoms. The van der Waals surface area contributed by atoms with E-state index >= 15 is 0 Å². The van der Waals surface area contributed by atoms with Gasteiger partial charge in [0.05, 0.1) is 29.6 Å². The lowest BCUT2D eigenvalue weighted by atomic mass is 10.1. The van der Waals surface area contributed by atoms with Crippen LogP contribution in [-0.2, 0) is 6.54 Å². The molecule has 0 spiro atoms. The van der Waals surface area contributed by atoms with Crippen molar-refractivity contribution in [2.45, 2.75) is 20.4 Å². The third-order valence-electron chi connectivity index (χ3n) is 4.83. The van der Waals surface area contributed by atoms with Gasteiger partial charge in [0, 0.05) is 11.8 Å². The molecule has 29 heavy (non-hydrogen) atoms. The van der Waals surface area contributed by atoms with Gasteiger partial charge in [-0.05, 0) is 67.4 Å². The van der Waals surface area contributed by atoms with E-state index in [2.05, 4.69) is 31.0 Å². The minimum Gasteiger partial charge on any atom is -0.497 e. The van der Waals surface area contributed by atoms with Crippen molar-refractivity contribution < 1.29 is 9.53 Å². The van der Waals surface area contributed by atoms with Crippen molar-refractivity contribution in [3.63, 3.8) is 0 Å². The molecule has 1 amide bonds. The molecule has 0 unspecified atom stereocenters. The highest BCUT2D eigenvalue weighted by Crippen LogP contribution is 2.32. The Hall–Kier alpha value is -3.25. The van der Waals surface area contributed by atoms with Gasteiger partial charge in [-0.25, -0.2) is 4.98 Å². The van der Waals surface area contributed by atoms with Gasteiger partial charge in [-0.15, -0.1) is 0 Å². The van der Waals surface area contributed by atoms with E-state index in [1.807, 2.05) is 30.3 Å². The molecular formula is C23H21N3O2S. The average Bonchev–Trinajstić information content (AvgIpc) is 3.15. The molecule has 0 aliphatic rings. The molecule has 0 bridgehead atoms. The van der Waals surface area contributed by atoms with E-state index in [1.54, 1.807) is 30.3 Å². The number of pyridine rings is 1. The molecular weight excluding hydrogens is 382 g/mol. The second kappa shape index (κ2) is 8.01. The number of benzene rings is 2. The lowest BCUT2D eigenvalue weighted by Gasteiger charge is -2.20. The number of aromatic nitrogens is 2. The van der Waals surface area contributed by atoms with Crippen LogP contribution in [0.5, 0.6) is 5.75 Å². The zero-order valence-corrected chi connectivity index (χ0v) is 17.4. The lowest BCUT2D eigenvalue weighted by Crippen LogP contribution is -2.30. The van der Waals surface area contributed by atoms with Crippen molar-refractivity contribution in [3.05, 3.63) is 83.2 Å². The Labute approximate surface area is 173 Å². The van der Waals surface area contributed by atoms with Crippen molar-refractivity contribution in [1.29, 1.82) is 0 Å². The number of ether oxygens (including phenoxy) is 1. The maximum Gasteiger partial charge on any atom is 0.260 e. The second-order valence-electron chi connectivity index (χ2n) is 6.84. The highest BCUT2D eigenvalue weighted by molar-refractivity contribution is 7.22. The van der Waals surface area contributed by atoms with Gasteiger partial charge in [0.2, 0.25) is 0 Å². The third-order valence-corrected chi connectivity index (χ3v) is 5.87. The van der Waals surface area contributed by atoms with E-state index in [4.69, 9.17) is 9.72 Å². The Bertz CT molecular complexity index is 1130. The number of hydrogen-bond acceptors (Lipinski definition) is 5. The molecule has 0 radical (unpaired) electrons. The van der Waals surface area contributed by atoms with Gasteiger partial charge in [0.15, 0.2) is 5.13 Å². The van der Waals surface area contributed by atoms with Crippen LogP contribution in [0, 0.1) is 13.8 Å². The van der Waals surface area contributed by atoms with Crippen molar-refractivity contribution in [2.24, 2.45) is 0 Å². The van der Waals surface area contributed by atoms with E-state index in [1.165, 1.54) is 22.5 Å². The molecule has 0 atom stereocenters. The van der Waals surface area contributed by atoms with Crippen LogP contribution < -0.4 is 9.64 Å². The Kier molecular flexibility index (Phi) is 5.27. The van der Waals surface area contributed by atoms with Crippen LogP contribution >= 0.6 is 11.3 Å². The molecule has 146 valence electrons. The first-order chi connectivity index (χ1) is 14.0. The number of carbonyl (C=O) groups excluding carboxylic acids is 1. The number of anilines is 1. The fourth-order valence-electron chi connectivity index (χ4n) is 3.08. The van der Waals surface area contributed by atoms with Gasteiger partial charge >= 0.3 is 0 Å². The molecule has 0 saturated heterocycles. The number of nitrogens with zero attached hydrogens (tertiary/aromatic N) is 3. The Balaban J connectivity index is 1.78. The van der Waals surface area contributed by atoms with Gasteiger partial charge in [-0.2, -0.15) is 0 Å². The Morgan fingerprint density at radius 1 is 1.07 bits per heavy atom. The SMILES string of the molecule is COc1cccc(C(=O)N(Cc2ccccn2)c2nc3cc(C)c(C)cc3s2)c1. The summed E-state index contributed by atoms with van der Waals surface area (Å²) in [7, 11) is 1.59. The molecule has 2 aromatic heterocycles. The largest absolute Gasteiger partial charge is 0.497 e. The molecule has 0 saturated carbocycles. The number of amides is 1. The molecule has 0 fully saturated rings. The predicted octanol–water partition coefficient (Wildman–Crippen LogP) is 5.16. The van der Waals surface area contributed by atoms with Crippen molar-refractivity contribution in [1.82, 2.24) is 9.97 Å². The molecule has 2 aromatic carbocycles. The van der Waals surface area contributed by atoms with E-state index in [0.29, 0.717) is 23.0 Å². The minimum atomic E-state index is -0.137. The highest BCUT2D eigenvalue weighted by atomic mass is 32.1. The highest BCUT2D eigenvalue weighted by Gasteiger charge is 2.23. The maximum absolute atomic E-state index is 13.4. The molecule has 5 nitrogen and oxygen atoms in total. The molecule has 4 aromatic rings. The summed E-state index contributed by atoms with van der Waals surface area (Å²) < 4.78 is 6.35. The van der Waals surface area contributed by atoms with E-state index < -0.39 is 0 Å². The Morgan fingerprint density at radius 3 is 2.66 bits per heavy atom. The zero-order chi connectivity index (χ0) is 20.4. The Morgan fingerprint density at radius 2 is 1.90 bits per heavy atom. The molecule has 0 N–H and O–H groups in total. The van der Waals surface area contributed by atoms with Crippen LogP contribution in [0.15, 0.2) is 60.8 Å². The van der Waals surface area contributed by atoms with Crippen LogP contribution in [0.4, 0.5) is 5.13 Å². The fourth-order valence-corrected chi connectivity index (χ4v) is 4.12. The first kappa shape index (κ1) is 19.1. The third kappa shape index (κ3) is 3.98. The van der Waals surface area contributed by atoms with E-state index in [-0.39, 0.29) is 5.91 Å². The topological polar surface area (TPSA) is 55.3 Å². The van der Waals surface area contributed by atoms with Crippen LogP contribution in [0.25, 0.3) is 10.2 Å². The second-order valence-corrected chi connectivity index (χ2v) is 7.85. The monoisotopic (exact) mass is 403 g/mol. The first-order valence-corrected chi connectivity index (χ1v) is 10.1. The smallest absolute Gasteiger partial charge is 0.260 e. The predicted molar refractivity (Wildman–Crippen MR) is 117 cm³/mol. The molecule has 0 aliphatic carbocycles. The van der Waals surface area contributed by atoms with Crippen LogP contribution in [0.3, 0.4) is 0 Å². The molecule has 2 heterocycles. The number of thiazole rings is 1. The van der Waals surface area contributed by atoms with Crippen molar-refractivity contribution in [2.75, 3.05) is 12.0 Å². The summed E-state index contributed by atoms with van der Waals surface area (Å²) in [4.78, 5) is 24.3. The summed E-state index contributed by atoms with van der Waals surface area (Å²) in [6.07, 6.45) is 1.73. The van der Waals surface area contributed by atoms with Crippen molar-refractivity contribution >= 4 is 32.6 Å². The van der Waals surface area contributed by atoms with Gasteiger partial charge in [-0.3, -0.25) is 14.7 Å². The quantitative estimate of drug-likeness (QED) is 0.462. The van der Waals surface area contributed by atoms with E-state index in [0.717, 1.165) is 15.9 Å². The number of carbonyl (C=O) groups is 1. The summed E-state index contributed by atoms with van der Waals surface area (Å²) in [5.74, 6) is 0.506. The standard InChI is InChI=1S/C23H21N3O2S/c1-15-11-20-21(12-16(15)2)29-23(25-20)26(14-18-8-4-5-10-24-18)22(27)17-7-6-9-19(13-17)28-3/h4-13H,14H2,1-3H3. The van der Waals surface area contributed by atoms with Gasteiger partial charge < -0.3 is 4.74 Å². The summed E-state index contributed by atoms with van der Waals surface area (Å²) in [5.41, 5.74) is 4.65. The number of aryl methyl sites for hydroxylation is 2. The van der Waals surface area contributed by atoms with Gasteiger partial charge in [-0.1, -0.05) is 23.5 Å². The number of rotatable bonds is 5. The van der Waals surface area contributed by atoms with E-state index in [9.17, 15) is 4.79 Å². The number of hydrogen-bond donors (Lipinski definition) is 0. The summed E-state index contributed by atoms with van der Waals surface area (Å²) in [5, 5.41) is 0.656. The normalized spacial score (nSPS) is 10.9. The maximum atomic E-state index is 13.4. The van der Waals surface area contributed by atoms with Crippen LogP contribution in [0.1, 0.15) is 27.2 Å². The number of methoxy groups -OCH3 is 1. The molecule has 4 rings (SSSR count). The minimum absolute atomic E-state index is 0.137. The average molecular weight is 404 g/mol. The zero-order valence-electron chi connectivity index (χ0n) is 16.5. The number of fused-ring (bicyclic) bond motifs is 1. The van der Waals surface area contributed by atoms with Crippen molar-refractivity contribution in [3.8, 4) is 5.75 Å². The van der Waals surface area contributed by atoms with Crippen LogP contribution in [-0.4, -0.2) is 23.0 Å². The summed E-state index contributed by atoms with van der Waals surface area (Å²) in [6.45, 7) is 4.50. The summed E-state index contributed by atoms with van der Waals surface area (Å²) in [6, 6.07) is 17.1. The first-order valence-electron chi connectivity index (χ1n) is 9.29. The van der Waals surface area contributed by atoms with Gasteiger partial charge in [0.25, 0.3) is 5.91 Å². The fraction of sp³-hybridized carbons (Fsp3) is 0.174. The lowest BCUT2D eigenvalue weighted by molar-refractivity contribution is 0.0984. The molecule has 0 aliphatic heterocycles. The summed E-state index contributed by atoms with van der Waals surface area (Å²) >= 11 is 1.52.